The van der Waals surface area contributed by atoms with Gasteiger partial charge in [0.05, 0.1) is 30.7 Å². The van der Waals surface area contributed by atoms with E-state index in [1.165, 1.54) is 0 Å². The van der Waals surface area contributed by atoms with Gasteiger partial charge in [-0.2, -0.15) is 0 Å². The van der Waals surface area contributed by atoms with Crippen LogP contribution in [0.1, 0.15) is 47.4 Å². The Labute approximate surface area is 135 Å². The highest BCUT2D eigenvalue weighted by molar-refractivity contribution is 6.22. The first-order valence-electron chi connectivity index (χ1n) is 7.71. The molecule has 0 spiro atoms. The van der Waals surface area contributed by atoms with Gasteiger partial charge in [0, 0.05) is 12.3 Å². The number of carbonyl (C=O) groups is 3. The fourth-order valence-electron chi connectivity index (χ4n) is 2.38. The SMILES string of the molecule is CCCOC(=O)CC(CN1C(=O)c2ccccc2C1=O)=NCC. The van der Waals surface area contributed by atoms with E-state index in [2.05, 4.69) is 4.99 Å². The number of carbonyl (C=O) groups excluding carboxylic acids is 3. The van der Waals surface area contributed by atoms with Crippen LogP contribution in [-0.4, -0.2) is 48.1 Å². The zero-order valence-corrected chi connectivity index (χ0v) is 13.4. The lowest BCUT2D eigenvalue weighted by Gasteiger charge is -2.15. The standard InChI is InChI=1S/C17H20N2O4/c1-3-9-23-15(20)10-12(18-4-2)11-19-16(21)13-7-5-6-8-14(13)17(19)22/h5-8H,3-4,9-11H2,1-2H3. The average Bonchev–Trinajstić information content (AvgIpc) is 2.78. The van der Waals surface area contributed by atoms with Crippen LogP contribution < -0.4 is 0 Å². The molecule has 0 aromatic heterocycles. The first-order valence-corrected chi connectivity index (χ1v) is 7.71. The second-order valence-corrected chi connectivity index (χ2v) is 5.18. The van der Waals surface area contributed by atoms with E-state index in [1.807, 2.05) is 13.8 Å². The van der Waals surface area contributed by atoms with Crippen molar-refractivity contribution in [2.75, 3.05) is 19.7 Å². The summed E-state index contributed by atoms with van der Waals surface area (Å²) in [5.41, 5.74) is 1.26. The highest BCUT2D eigenvalue weighted by atomic mass is 16.5. The number of imide groups is 1. The van der Waals surface area contributed by atoms with E-state index in [9.17, 15) is 14.4 Å². The fourth-order valence-corrected chi connectivity index (χ4v) is 2.38. The van der Waals surface area contributed by atoms with E-state index >= 15 is 0 Å². The molecule has 6 heteroatoms. The van der Waals surface area contributed by atoms with Gasteiger partial charge >= 0.3 is 5.97 Å². The number of hydrogen-bond acceptors (Lipinski definition) is 5. The van der Waals surface area contributed by atoms with Crippen LogP contribution in [0.4, 0.5) is 0 Å². The van der Waals surface area contributed by atoms with E-state index in [0.29, 0.717) is 30.0 Å². The maximum atomic E-state index is 12.3. The molecule has 23 heavy (non-hydrogen) atoms. The monoisotopic (exact) mass is 316 g/mol. The van der Waals surface area contributed by atoms with Crippen molar-refractivity contribution in [3.8, 4) is 0 Å². The number of fused-ring (bicyclic) bond motifs is 1. The minimum atomic E-state index is -0.393. The van der Waals surface area contributed by atoms with Crippen molar-refractivity contribution in [3.63, 3.8) is 0 Å². The van der Waals surface area contributed by atoms with E-state index < -0.39 is 5.97 Å². The molecule has 0 bridgehead atoms. The molecule has 2 rings (SSSR count). The molecule has 122 valence electrons. The van der Waals surface area contributed by atoms with Crippen LogP contribution in [0, 0.1) is 0 Å². The second-order valence-electron chi connectivity index (χ2n) is 5.18. The summed E-state index contributed by atoms with van der Waals surface area (Å²) in [5, 5.41) is 0. The molecule has 0 N–H and O–H groups in total. The van der Waals surface area contributed by atoms with Gasteiger partial charge in [-0.25, -0.2) is 0 Å². The van der Waals surface area contributed by atoms with Crippen LogP contribution in [0.2, 0.25) is 0 Å². The van der Waals surface area contributed by atoms with Crippen molar-refractivity contribution in [3.05, 3.63) is 35.4 Å². The van der Waals surface area contributed by atoms with Crippen LogP contribution in [0.15, 0.2) is 29.3 Å². The third-order valence-corrected chi connectivity index (χ3v) is 3.42. The van der Waals surface area contributed by atoms with Crippen molar-refractivity contribution < 1.29 is 19.1 Å². The minimum Gasteiger partial charge on any atom is -0.465 e. The number of rotatable bonds is 7. The lowest BCUT2D eigenvalue weighted by atomic mass is 10.1. The number of esters is 1. The highest BCUT2D eigenvalue weighted by Crippen LogP contribution is 2.22. The molecule has 0 unspecified atom stereocenters. The van der Waals surface area contributed by atoms with Crippen molar-refractivity contribution in [2.45, 2.75) is 26.7 Å². The first kappa shape index (κ1) is 16.9. The van der Waals surface area contributed by atoms with Crippen LogP contribution in [0.5, 0.6) is 0 Å². The summed E-state index contributed by atoms with van der Waals surface area (Å²) in [6, 6.07) is 6.69. The largest absolute Gasteiger partial charge is 0.465 e. The number of ether oxygens (including phenoxy) is 1. The van der Waals surface area contributed by atoms with Gasteiger partial charge in [0.25, 0.3) is 11.8 Å². The molecule has 0 saturated carbocycles. The van der Waals surface area contributed by atoms with E-state index in [4.69, 9.17) is 4.74 Å². The van der Waals surface area contributed by atoms with Crippen LogP contribution in [-0.2, 0) is 9.53 Å². The predicted molar refractivity (Wildman–Crippen MR) is 85.7 cm³/mol. The number of aliphatic imine (C=N–C) groups is 1. The van der Waals surface area contributed by atoms with Crippen LogP contribution >= 0.6 is 0 Å². The molecule has 1 aliphatic rings. The van der Waals surface area contributed by atoms with Crippen molar-refractivity contribution in [1.82, 2.24) is 4.90 Å². The van der Waals surface area contributed by atoms with Gasteiger partial charge in [-0.3, -0.25) is 24.3 Å². The lowest BCUT2D eigenvalue weighted by molar-refractivity contribution is -0.142. The Morgan fingerprint density at radius 3 is 2.26 bits per heavy atom. The third kappa shape index (κ3) is 3.83. The molecular weight excluding hydrogens is 296 g/mol. The smallest absolute Gasteiger partial charge is 0.311 e. The molecule has 2 amide bonds. The van der Waals surface area contributed by atoms with E-state index in [1.54, 1.807) is 24.3 Å². The summed E-state index contributed by atoms with van der Waals surface area (Å²) < 4.78 is 5.04. The van der Waals surface area contributed by atoms with Gasteiger partial charge < -0.3 is 4.74 Å². The molecule has 0 radical (unpaired) electrons. The molecule has 0 atom stereocenters. The molecule has 1 aliphatic heterocycles. The second kappa shape index (κ2) is 7.67. The third-order valence-electron chi connectivity index (χ3n) is 3.42. The number of hydrogen-bond donors (Lipinski definition) is 0. The molecule has 1 aromatic rings. The lowest BCUT2D eigenvalue weighted by Crippen LogP contribution is -2.36. The highest BCUT2D eigenvalue weighted by Gasteiger charge is 2.35. The Bertz CT molecular complexity index is 617. The molecular formula is C17H20N2O4. The van der Waals surface area contributed by atoms with Gasteiger partial charge in [-0.1, -0.05) is 19.1 Å². The normalized spacial score (nSPS) is 14.2. The molecule has 1 heterocycles. The van der Waals surface area contributed by atoms with Crippen molar-refractivity contribution >= 4 is 23.5 Å². The Kier molecular flexibility index (Phi) is 5.62. The summed E-state index contributed by atoms with van der Waals surface area (Å²) in [6.45, 7) is 4.58. The molecule has 0 fully saturated rings. The summed E-state index contributed by atoms with van der Waals surface area (Å²) in [7, 11) is 0. The minimum absolute atomic E-state index is 0.0127. The molecule has 6 nitrogen and oxygen atoms in total. The van der Waals surface area contributed by atoms with Crippen LogP contribution in [0.3, 0.4) is 0 Å². The average molecular weight is 316 g/mol. The molecule has 0 aliphatic carbocycles. The van der Waals surface area contributed by atoms with Gasteiger partial charge in [0.1, 0.15) is 0 Å². The quantitative estimate of drug-likeness (QED) is 0.438. The van der Waals surface area contributed by atoms with Gasteiger partial charge in [0.15, 0.2) is 0 Å². The zero-order chi connectivity index (χ0) is 16.8. The topological polar surface area (TPSA) is 76.0 Å². The maximum absolute atomic E-state index is 12.3. The summed E-state index contributed by atoms with van der Waals surface area (Å²) in [4.78, 5) is 41.8. The summed E-state index contributed by atoms with van der Waals surface area (Å²) >= 11 is 0. The molecule has 1 aromatic carbocycles. The predicted octanol–water partition coefficient (Wildman–Crippen LogP) is 2.09. The van der Waals surface area contributed by atoms with Crippen molar-refractivity contribution in [2.24, 2.45) is 4.99 Å². The van der Waals surface area contributed by atoms with Crippen LogP contribution in [0.25, 0.3) is 0 Å². The number of benzene rings is 1. The zero-order valence-electron chi connectivity index (χ0n) is 13.4. The Balaban J connectivity index is 2.10. The van der Waals surface area contributed by atoms with Gasteiger partial charge in [0.2, 0.25) is 0 Å². The van der Waals surface area contributed by atoms with Crippen molar-refractivity contribution in [1.29, 1.82) is 0 Å². The summed E-state index contributed by atoms with van der Waals surface area (Å²) in [6.07, 6.45) is 0.728. The Morgan fingerprint density at radius 1 is 1.13 bits per heavy atom. The maximum Gasteiger partial charge on any atom is 0.311 e. The Morgan fingerprint density at radius 2 is 1.74 bits per heavy atom. The number of amides is 2. The first-order chi connectivity index (χ1) is 11.1. The van der Waals surface area contributed by atoms with Gasteiger partial charge in [-0.15, -0.1) is 0 Å². The molecule has 0 saturated heterocycles. The van der Waals surface area contributed by atoms with E-state index in [-0.39, 0.29) is 24.8 Å². The van der Waals surface area contributed by atoms with E-state index in [0.717, 1.165) is 11.3 Å². The van der Waals surface area contributed by atoms with Gasteiger partial charge in [-0.05, 0) is 25.5 Å². The fraction of sp³-hybridized carbons (Fsp3) is 0.412. The number of nitrogens with zero attached hydrogens (tertiary/aromatic N) is 2. The summed E-state index contributed by atoms with van der Waals surface area (Å²) in [5.74, 6) is -1.09. The Hall–Kier alpha value is -2.50.